The van der Waals surface area contributed by atoms with Crippen LogP contribution in [0.5, 0.6) is 5.75 Å². The molecule has 0 spiro atoms. The Kier molecular flexibility index (Phi) is 5.83. The molecule has 3 heterocycles. The second-order valence-electron chi connectivity index (χ2n) is 8.59. The maximum absolute atomic E-state index is 13.4. The summed E-state index contributed by atoms with van der Waals surface area (Å²) in [6.07, 6.45) is 3.99. The maximum Gasteiger partial charge on any atom is 0.346 e. The molecule has 1 fully saturated rings. The molecule has 1 atom stereocenters. The van der Waals surface area contributed by atoms with Crippen molar-refractivity contribution in [3.05, 3.63) is 50.9 Å². The molecule has 1 aliphatic carbocycles. The average Bonchev–Trinajstić information content (AvgIpc) is 3.25. The van der Waals surface area contributed by atoms with Gasteiger partial charge in [0, 0.05) is 23.2 Å². The summed E-state index contributed by atoms with van der Waals surface area (Å²) in [5.41, 5.74) is 0.165. The monoisotopic (exact) mass is 535 g/mol. The largest absolute Gasteiger partial charge is 0.505 e. The Morgan fingerprint density at radius 2 is 2.09 bits per heavy atom. The number of amidine groups is 1. The highest BCUT2D eigenvalue weighted by atomic mass is 32.2. The van der Waals surface area contributed by atoms with Gasteiger partial charge in [0.25, 0.3) is 5.56 Å². The molecule has 0 bridgehead atoms. The van der Waals surface area contributed by atoms with Crippen LogP contribution >= 0.6 is 18.9 Å². The second kappa shape index (κ2) is 8.59. The topological polar surface area (TPSA) is 163 Å². The lowest BCUT2D eigenvalue weighted by Gasteiger charge is -2.26. The predicted octanol–water partition coefficient (Wildman–Crippen LogP) is 2.53. The molecular formula is C21H22N5O6PS2. The highest BCUT2D eigenvalue weighted by Crippen LogP contribution is 2.47. The van der Waals surface area contributed by atoms with Crippen molar-refractivity contribution in [2.45, 2.75) is 25.8 Å². The van der Waals surface area contributed by atoms with E-state index in [1.165, 1.54) is 34.2 Å². The summed E-state index contributed by atoms with van der Waals surface area (Å²) in [5.74, 6) is -0.404. The van der Waals surface area contributed by atoms with Gasteiger partial charge in [-0.15, -0.1) is 0 Å². The van der Waals surface area contributed by atoms with Crippen molar-refractivity contribution in [2.75, 3.05) is 16.3 Å². The van der Waals surface area contributed by atoms with Gasteiger partial charge in [0.05, 0.1) is 17.2 Å². The number of sulfonamides is 1. The highest BCUT2D eigenvalue weighted by Gasteiger charge is 2.34. The Labute approximate surface area is 204 Å². The fraction of sp³-hybridized carbons (Fsp3) is 0.286. The van der Waals surface area contributed by atoms with Crippen LogP contribution in [0.15, 0.2) is 44.6 Å². The van der Waals surface area contributed by atoms with Crippen LogP contribution in [0.2, 0.25) is 0 Å². The number of anilines is 2. The number of hydrogen-bond acceptors (Lipinski definition) is 8. The van der Waals surface area contributed by atoms with Crippen molar-refractivity contribution < 1.29 is 23.0 Å². The van der Waals surface area contributed by atoms with Crippen molar-refractivity contribution in [3.63, 3.8) is 0 Å². The van der Waals surface area contributed by atoms with Gasteiger partial charge in [-0.25, -0.2) is 13.1 Å². The minimum Gasteiger partial charge on any atom is -0.505 e. The van der Waals surface area contributed by atoms with Crippen LogP contribution in [0.3, 0.4) is 0 Å². The Morgan fingerprint density at radius 1 is 1.31 bits per heavy atom. The fourth-order valence-corrected chi connectivity index (χ4v) is 6.50. The summed E-state index contributed by atoms with van der Waals surface area (Å²) in [6.45, 7) is 0.366. The van der Waals surface area contributed by atoms with E-state index in [1.54, 1.807) is 11.4 Å². The van der Waals surface area contributed by atoms with Gasteiger partial charge >= 0.3 is 7.52 Å². The third-order valence-electron chi connectivity index (χ3n) is 5.92. The molecule has 2 aromatic heterocycles. The van der Waals surface area contributed by atoms with E-state index in [1.807, 2.05) is 5.38 Å². The number of fused-ring (bicyclic) bond motifs is 1. The molecule has 0 saturated heterocycles. The molecule has 35 heavy (non-hydrogen) atoms. The van der Waals surface area contributed by atoms with Crippen LogP contribution < -0.4 is 20.9 Å². The van der Waals surface area contributed by atoms with Gasteiger partial charge in [0.15, 0.2) is 11.6 Å². The van der Waals surface area contributed by atoms with Gasteiger partial charge in [-0.3, -0.25) is 14.1 Å². The molecule has 4 N–H and O–H groups in total. The fourth-order valence-electron chi connectivity index (χ4n) is 4.02. The predicted molar refractivity (Wildman–Crippen MR) is 135 cm³/mol. The van der Waals surface area contributed by atoms with Crippen LogP contribution in [0.4, 0.5) is 11.4 Å². The summed E-state index contributed by atoms with van der Waals surface area (Å²) in [6, 6.07) is 5.79. The Hall–Kier alpha value is -2.99. The minimum absolute atomic E-state index is 0.0929. The normalized spacial score (nSPS) is 19.9. The summed E-state index contributed by atoms with van der Waals surface area (Å²) < 4.78 is 43.7. The van der Waals surface area contributed by atoms with Crippen LogP contribution in [0, 0.1) is 5.92 Å². The van der Waals surface area contributed by atoms with Crippen LogP contribution in [-0.4, -0.2) is 40.3 Å². The molecular weight excluding hydrogens is 513 g/mol. The molecule has 5 rings (SSSR count). The second-order valence-corrected chi connectivity index (χ2v) is 12.9. The van der Waals surface area contributed by atoms with Crippen molar-refractivity contribution in [1.82, 2.24) is 9.78 Å². The number of benzene rings is 1. The number of nitrogens with one attached hydrogen (secondary N) is 2. The van der Waals surface area contributed by atoms with Gasteiger partial charge in [-0.05, 0) is 48.4 Å². The quantitative estimate of drug-likeness (QED) is 0.350. The third kappa shape index (κ3) is 4.64. The first-order valence-electron chi connectivity index (χ1n) is 10.7. The maximum atomic E-state index is 13.4. The standard InChI is InChI=1S/C21H22N5O6PS2/c1-35(31,32)25-14-5-6-15-16(9-14)33(29,30)24-20(22-15)17-19(27)18(13-7-8-34-11-13)23-26(21(17)28)10-12-3-2-4-12/h5-9,11-12,25,27H,2-4,10H2,1H3,(H2,22,24,29,30). The van der Waals surface area contributed by atoms with Gasteiger partial charge < -0.3 is 15.3 Å². The lowest BCUT2D eigenvalue weighted by atomic mass is 9.85. The van der Waals surface area contributed by atoms with Crippen LogP contribution in [0.25, 0.3) is 11.3 Å². The first-order valence-corrected chi connectivity index (χ1v) is 15.2. The van der Waals surface area contributed by atoms with E-state index >= 15 is 0 Å². The van der Waals surface area contributed by atoms with Gasteiger partial charge in [0.1, 0.15) is 11.3 Å². The molecule has 1 aliphatic heterocycles. The lowest BCUT2D eigenvalue weighted by molar-refractivity contribution is 0.261. The van der Waals surface area contributed by atoms with E-state index in [0.717, 1.165) is 25.5 Å². The van der Waals surface area contributed by atoms with Crippen LogP contribution in [-0.2, 0) is 21.1 Å². The Morgan fingerprint density at radius 3 is 2.71 bits per heavy atom. The Bertz CT molecular complexity index is 1560. The van der Waals surface area contributed by atoms with E-state index in [-0.39, 0.29) is 33.8 Å². The zero-order valence-corrected chi connectivity index (χ0v) is 21.0. The van der Waals surface area contributed by atoms with Crippen molar-refractivity contribution in [2.24, 2.45) is 10.7 Å². The van der Waals surface area contributed by atoms with Gasteiger partial charge in [0.2, 0.25) is 10.0 Å². The van der Waals surface area contributed by atoms with Crippen molar-refractivity contribution >= 4 is 51.4 Å². The Balaban J connectivity index is 1.63. The van der Waals surface area contributed by atoms with E-state index in [9.17, 15) is 27.8 Å². The SMILES string of the molecule is CS(=O)(=O)Nc1ccc2c(c1)P(=O)(O)N=C(c1c(O)c(-c3ccsc3)nn(CC3CCC3)c1=O)N2. The van der Waals surface area contributed by atoms with Gasteiger partial charge in [-0.2, -0.15) is 21.2 Å². The summed E-state index contributed by atoms with van der Waals surface area (Å²) in [7, 11) is -8.04. The molecule has 1 aromatic carbocycles. The number of rotatable bonds is 6. The van der Waals surface area contributed by atoms with E-state index in [0.29, 0.717) is 18.0 Å². The molecule has 1 saturated carbocycles. The molecule has 11 nitrogen and oxygen atoms in total. The number of aromatic nitrogens is 2. The van der Waals surface area contributed by atoms with E-state index in [2.05, 4.69) is 19.9 Å². The number of nitrogens with zero attached hydrogens (tertiary/aromatic N) is 3. The molecule has 1 unspecified atom stereocenters. The lowest BCUT2D eigenvalue weighted by Crippen LogP contribution is -2.36. The summed E-state index contributed by atoms with van der Waals surface area (Å²) in [4.78, 5) is 24.1. The van der Waals surface area contributed by atoms with E-state index in [4.69, 9.17) is 0 Å². The molecule has 184 valence electrons. The third-order valence-corrected chi connectivity index (χ3v) is 8.68. The number of thiophene rings is 1. The molecule has 0 amide bonds. The molecule has 2 aliphatic rings. The summed E-state index contributed by atoms with van der Waals surface area (Å²) >= 11 is 1.40. The zero-order valence-electron chi connectivity index (χ0n) is 18.5. The highest BCUT2D eigenvalue weighted by molar-refractivity contribution is 7.92. The van der Waals surface area contributed by atoms with Crippen molar-refractivity contribution in [3.8, 4) is 17.0 Å². The first kappa shape index (κ1) is 23.7. The summed E-state index contributed by atoms with van der Waals surface area (Å²) in [5, 5.41) is 21.8. The molecule has 14 heteroatoms. The molecule has 3 aromatic rings. The first-order chi connectivity index (χ1) is 16.5. The van der Waals surface area contributed by atoms with Crippen molar-refractivity contribution in [1.29, 1.82) is 0 Å². The zero-order chi connectivity index (χ0) is 25.0. The minimum atomic E-state index is -4.43. The van der Waals surface area contributed by atoms with Gasteiger partial charge in [-0.1, -0.05) is 6.42 Å². The average molecular weight is 536 g/mol. The number of hydrogen-bond donors (Lipinski definition) is 4. The van der Waals surface area contributed by atoms with E-state index < -0.39 is 28.9 Å². The smallest absolute Gasteiger partial charge is 0.346 e. The van der Waals surface area contributed by atoms with Crippen LogP contribution in [0.1, 0.15) is 24.8 Å². The number of aromatic hydroxyl groups is 1. The molecule has 0 radical (unpaired) electrons.